The van der Waals surface area contributed by atoms with Crippen molar-refractivity contribution >= 4 is 31.2 Å². The Balaban J connectivity index is 0.00000408. The number of anilines is 1. The highest BCUT2D eigenvalue weighted by molar-refractivity contribution is 7.59. The summed E-state index contributed by atoms with van der Waals surface area (Å²) in [5, 5.41) is 2.54. The number of hydrogen-bond donors (Lipinski definition) is 1. The fourth-order valence-electron chi connectivity index (χ4n) is 3.47. The zero-order valence-corrected chi connectivity index (χ0v) is 20.1. The molecule has 1 N–H and O–H groups in total. The maximum absolute atomic E-state index is 13.7. The van der Waals surface area contributed by atoms with E-state index in [0.29, 0.717) is 11.4 Å². The van der Waals surface area contributed by atoms with E-state index in [1.165, 1.54) is 4.90 Å². The molecule has 180 valence electrons. The van der Waals surface area contributed by atoms with Gasteiger partial charge in [0.25, 0.3) is 0 Å². The molecule has 0 aliphatic carbocycles. The van der Waals surface area contributed by atoms with Crippen LogP contribution in [-0.4, -0.2) is 25.1 Å². The predicted octanol–water partition coefficient (Wildman–Crippen LogP) is 5.39. The number of carbonyl (C=O) groups is 2. The van der Waals surface area contributed by atoms with E-state index in [9.17, 15) is 18.4 Å². The molecule has 34 heavy (non-hydrogen) atoms. The van der Waals surface area contributed by atoms with Gasteiger partial charge < -0.3 is 15.0 Å². The Hall–Kier alpha value is -3.39. The highest BCUT2D eigenvalue weighted by atomic mass is 32.1. The second kappa shape index (κ2) is 12.7. The van der Waals surface area contributed by atoms with E-state index in [2.05, 4.69) is 12.2 Å². The molecule has 0 aromatic heterocycles. The minimum atomic E-state index is -1.11. The second-order valence-electron chi connectivity index (χ2n) is 7.70. The molecule has 3 rings (SSSR count). The number of halogens is 2. The van der Waals surface area contributed by atoms with Gasteiger partial charge >= 0.3 is 6.09 Å². The third-order valence-electron chi connectivity index (χ3n) is 5.10. The maximum atomic E-state index is 13.7. The highest BCUT2D eigenvalue weighted by Gasteiger charge is 2.26. The van der Waals surface area contributed by atoms with Gasteiger partial charge in [-0.05, 0) is 53.9 Å². The van der Waals surface area contributed by atoms with Crippen molar-refractivity contribution in [1.29, 1.82) is 0 Å². The molecule has 3 aromatic rings. The molecule has 0 unspecified atom stereocenters. The van der Waals surface area contributed by atoms with Crippen molar-refractivity contribution in [3.63, 3.8) is 0 Å². The Morgan fingerprint density at radius 1 is 0.941 bits per heavy atom. The van der Waals surface area contributed by atoms with E-state index in [1.807, 2.05) is 24.3 Å². The van der Waals surface area contributed by atoms with Gasteiger partial charge in [-0.25, -0.2) is 13.6 Å². The van der Waals surface area contributed by atoms with E-state index < -0.39 is 29.7 Å². The molecule has 0 saturated heterocycles. The van der Waals surface area contributed by atoms with Crippen molar-refractivity contribution in [2.45, 2.75) is 32.2 Å². The highest BCUT2D eigenvalue weighted by Crippen LogP contribution is 2.18. The molecular formula is C26H28F2N2O3S. The third-order valence-corrected chi connectivity index (χ3v) is 5.10. The second-order valence-corrected chi connectivity index (χ2v) is 7.70. The van der Waals surface area contributed by atoms with Gasteiger partial charge in [0.1, 0.15) is 23.4 Å². The lowest BCUT2D eigenvalue weighted by atomic mass is 10.0. The van der Waals surface area contributed by atoms with Crippen LogP contribution in [0.3, 0.4) is 0 Å². The minimum Gasteiger partial charge on any atom is -0.410 e. The smallest absolute Gasteiger partial charge is 0.410 e. The number of nitrogens with one attached hydrogen (secondary N) is 1. The predicted molar refractivity (Wildman–Crippen MR) is 134 cm³/mol. The number of amides is 2. The summed E-state index contributed by atoms with van der Waals surface area (Å²) in [6.07, 6.45) is 0.977. The van der Waals surface area contributed by atoms with Crippen molar-refractivity contribution in [3.8, 4) is 5.75 Å². The van der Waals surface area contributed by atoms with Crippen LogP contribution in [0.1, 0.15) is 24.5 Å². The van der Waals surface area contributed by atoms with Gasteiger partial charge in [-0.3, -0.25) is 4.79 Å². The summed E-state index contributed by atoms with van der Waals surface area (Å²) in [6.45, 7) is 2.09. The largest absolute Gasteiger partial charge is 0.413 e. The number of para-hydroxylation sites is 1. The lowest BCUT2D eigenvalue weighted by molar-refractivity contribution is -0.120. The first-order valence-electron chi connectivity index (χ1n) is 10.7. The van der Waals surface area contributed by atoms with E-state index in [-0.39, 0.29) is 25.5 Å². The molecule has 1 atom stereocenters. The van der Waals surface area contributed by atoms with E-state index in [1.54, 1.807) is 37.4 Å². The van der Waals surface area contributed by atoms with E-state index in [4.69, 9.17) is 4.74 Å². The first kappa shape index (κ1) is 26.9. The average Bonchev–Trinajstić information content (AvgIpc) is 2.78. The fraction of sp³-hybridized carbons (Fsp3) is 0.231. The van der Waals surface area contributed by atoms with Crippen LogP contribution in [0.15, 0.2) is 72.8 Å². The zero-order valence-electron chi connectivity index (χ0n) is 19.1. The summed E-state index contributed by atoms with van der Waals surface area (Å²) in [7, 11) is 1.58. The van der Waals surface area contributed by atoms with Crippen LogP contribution in [0.5, 0.6) is 5.75 Å². The molecule has 0 heterocycles. The Labute approximate surface area is 205 Å². The molecule has 0 radical (unpaired) electrons. The van der Waals surface area contributed by atoms with Gasteiger partial charge in [0.05, 0.1) is 0 Å². The first-order chi connectivity index (χ1) is 15.9. The van der Waals surface area contributed by atoms with Crippen molar-refractivity contribution in [2.24, 2.45) is 0 Å². The number of nitrogens with zero attached hydrogens (tertiary/aromatic N) is 1. The number of carbonyl (C=O) groups excluding carboxylic acids is 2. The van der Waals surface area contributed by atoms with Gasteiger partial charge in [-0.15, -0.1) is 0 Å². The molecule has 0 aliphatic rings. The number of rotatable bonds is 8. The van der Waals surface area contributed by atoms with Crippen LogP contribution in [0.2, 0.25) is 0 Å². The molecule has 0 saturated carbocycles. The lowest BCUT2D eigenvalue weighted by Crippen LogP contribution is -2.49. The van der Waals surface area contributed by atoms with Gasteiger partial charge in [-0.1, -0.05) is 43.7 Å². The summed E-state index contributed by atoms with van der Waals surface area (Å²) in [5.74, 6) is -1.67. The molecule has 2 amide bonds. The topological polar surface area (TPSA) is 58.6 Å². The first-order valence-corrected chi connectivity index (χ1v) is 10.7. The number of likely N-dealkylation sites (N-methyl/N-ethyl adjacent to an activating group) is 1. The van der Waals surface area contributed by atoms with Crippen LogP contribution in [-0.2, 0) is 17.6 Å². The zero-order chi connectivity index (χ0) is 23.8. The van der Waals surface area contributed by atoms with Gasteiger partial charge in [0.15, 0.2) is 0 Å². The van der Waals surface area contributed by atoms with Crippen LogP contribution in [0, 0.1) is 11.6 Å². The Morgan fingerprint density at radius 2 is 1.56 bits per heavy atom. The standard InChI is InChI=1S/C26H26F2N2O3.H2S/c1-3-7-18-10-12-22(13-11-18)30(2)25(31)24(16-19-14-20(27)17-21(28)15-19)29-26(32)33-23-8-5-4-6-9-23;/h4-6,8-15,17,24H,3,7,16H2,1-2H3,(H,29,32);1H2/t24-;/m0./s1. The molecule has 8 heteroatoms. The number of hydrogen-bond acceptors (Lipinski definition) is 3. The number of ether oxygens (including phenoxy) is 1. The van der Waals surface area contributed by atoms with Crippen LogP contribution in [0.25, 0.3) is 0 Å². The Morgan fingerprint density at radius 3 is 2.15 bits per heavy atom. The monoisotopic (exact) mass is 486 g/mol. The molecule has 0 aliphatic heterocycles. The molecule has 0 fully saturated rings. The summed E-state index contributed by atoms with van der Waals surface area (Å²) in [5.41, 5.74) is 2.02. The van der Waals surface area contributed by atoms with E-state index >= 15 is 0 Å². The van der Waals surface area contributed by atoms with Crippen LogP contribution < -0.4 is 15.0 Å². The van der Waals surface area contributed by atoms with Crippen molar-refractivity contribution in [3.05, 3.63) is 95.6 Å². The van der Waals surface area contributed by atoms with Gasteiger partial charge in [0.2, 0.25) is 5.91 Å². The summed E-state index contributed by atoms with van der Waals surface area (Å²) in [6, 6.07) is 17.8. The van der Waals surface area contributed by atoms with Gasteiger partial charge in [0, 0.05) is 25.2 Å². The van der Waals surface area contributed by atoms with Crippen molar-refractivity contribution < 1.29 is 23.1 Å². The third kappa shape index (κ3) is 7.59. The Kier molecular flexibility index (Phi) is 10.1. The van der Waals surface area contributed by atoms with Gasteiger partial charge in [-0.2, -0.15) is 13.5 Å². The average molecular weight is 487 g/mol. The SMILES string of the molecule is CCCc1ccc(N(C)C(=O)[C@H](Cc2cc(F)cc(F)c2)NC(=O)Oc2ccccc2)cc1.S. The molecule has 0 bridgehead atoms. The van der Waals surface area contributed by atoms with Crippen molar-refractivity contribution in [1.82, 2.24) is 5.32 Å². The number of benzene rings is 3. The number of aryl methyl sites for hydroxylation is 1. The molecule has 5 nitrogen and oxygen atoms in total. The van der Waals surface area contributed by atoms with Crippen LogP contribution in [0.4, 0.5) is 19.3 Å². The van der Waals surface area contributed by atoms with Crippen molar-refractivity contribution in [2.75, 3.05) is 11.9 Å². The lowest BCUT2D eigenvalue weighted by Gasteiger charge is -2.25. The van der Waals surface area contributed by atoms with Crippen LogP contribution >= 0.6 is 13.5 Å². The minimum absolute atomic E-state index is 0. The molecule has 0 spiro atoms. The summed E-state index contributed by atoms with van der Waals surface area (Å²) < 4.78 is 32.7. The maximum Gasteiger partial charge on any atom is 0.413 e. The molecular weight excluding hydrogens is 458 g/mol. The fourth-order valence-corrected chi connectivity index (χ4v) is 3.47. The normalized spacial score (nSPS) is 11.2. The summed E-state index contributed by atoms with van der Waals surface area (Å²) in [4.78, 5) is 27.2. The van der Waals surface area contributed by atoms with E-state index in [0.717, 1.165) is 36.6 Å². The summed E-state index contributed by atoms with van der Waals surface area (Å²) >= 11 is 0. The Bertz CT molecular complexity index is 1070. The molecule has 3 aromatic carbocycles. The quantitative estimate of drug-likeness (QED) is 0.464.